The van der Waals surface area contributed by atoms with Crippen molar-refractivity contribution in [2.75, 3.05) is 19.6 Å². The van der Waals surface area contributed by atoms with Crippen molar-refractivity contribution in [2.45, 2.75) is 13.3 Å². The lowest BCUT2D eigenvalue weighted by molar-refractivity contribution is -0.125. The van der Waals surface area contributed by atoms with Crippen molar-refractivity contribution in [2.24, 2.45) is 5.92 Å². The zero-order valence-corrected chi connectivity index (χ0v) is 10.7. The summed E-state index contributed by atoms with van der Waals surface area (Å²) in [6, 6.07) is 3.31. The number of aromatic hydroxyl groups is 1. The molecule has 5 heteroatoms. The molecule has 1 N–H and O–H groups in total. The molecule has 0 aromatic heterocycles. The third-order valence-corrected chi connectivity index (χ3v) is 3.38. The standard InChI is InChI=1S/C14H16FNO3/c1-9-7-16(5-4-12(9)17)8-14(19)11-6-10(15)2-3-13(11)18/h2-3,6,9,18H,4-5,7-8H2,1H3. The molecule has 1 aromatic carbocycles. The van der Waals surface area contributed by atoms with Gasteiger partial charge in [0.05, 0.1) is 12.1 Å². The fourth-order valence-corrected chi connectivity index (χ4v) is 2.26. The molecule has 0 bridgehead atoms. The number of hydrogen-bond acceptors (Lipinski definition) is 4. The van der Waals surface area contributed by atoms with Crippen LogP contribution in [0.5, 0.6) is 5.75 Å². The van der Waals surface area contributed by atoms with E-state index < -0.39 is 5.82 Å². The van der Waals surface area contributed by atoms with Gasteiger partial charge in [-0.3, -0.25) is 14.5 Å². The summed E-state index contributed by atoms with van der Waals surface area (Å²) in [5.41, 5.74) is -0.00967. The molecule has 2 rings (SSSR count). The van der Waals surface area contributed by atoms with Crippen LogP contribution in [0.4, 0.5) is 4.39 Å². The van der Waals surface area contributed by atoms with Gasteiger partial charge in [0, 0.05) is 25.4 Å². The molecule has 102 valence electrons. The number of rotatable bonds is 3. The lowest BCUT2D eigenvalue weighted by atomic mass is 9.98. The fourth-order valence-electron chi connectivity index (χ4n) is 2.26. The minimum atomic E-state index is -0.552. The Labute approximate surface area is 110 Å². The minimum Gasteiger partial charge on any atom is -0.507 e. The molecular formula is C14H16FNO3. The number of piperidine rings is 1. The summed E-state index contributed by atoms with van der Waals surface area (Å²) in [6.07, 6.45) is 0.434. The van der Waals surface area contributed by atoms with Crippen molar-refractivity contribution in [3.63, 3.8) is 0 Å². The smallest absolute Gasteiger partial charge is 0.180 e. The number of likely N-dealkylation sites (tertiary alicyclic amines) is 1. The monoisotopic (exact) mass is 265 g/mol. The average Bonchev–Trinajstić information content (AvgIpc) is 2.36. The highest BCUT2D eigenvalue weighted by Gasteiger charge is 2.25. The SMILES string of the molecule is CC1CN(CC(=O)c2cc(F)ccc2O)CCC1=O. The molecule has 19 heavy (non-hydrogen) atoms. The summed E-state index contributed by atoms with van der Waals surface area (Å²) in [6.45, 7) is 2.99. The summed E-state index contributed by atoms with van der Waals surface area (Å²) in [5.74, 6) is -0.977. The molecule has 1 atom stereocenters. The second-order valence-electron chi connectivity index (χ2n) is 4.94. The van der Waals surface area contributed by atoms with Gasteiger partial charge in [0.1, 0.15) is 17.3 Å². The van der Waals surface area contributed by atoms with E-state index in [4.69, 9.17) is 0 Å². The van der Waals surface area contributed by atoms with E-state index in [1.807, 2.05) is 11.8 Å². The Bertz CT molecular complexity index is 515. The van der Waals surface area contributed by atoms with Crippen LogP contribution in [0, 0.1) is 11.7 Å². The van der Waals surface area contributed by atoms with Crippen LogP contribution in [0.2, 0.25) is 0 Å². The molecule has 1 fully saturated rings. The third-order valence-electron chi connectivity index (χ3n) is 3.38. The molecule has 0 saturated carbocycles. The first-order chi connectivity index (χ1) is 8.97. The summed E-state index contributed by atoms with van der Waals surface area (Å²) >= 11 is 0. The van der Waals surface area contributed by atoms with Crippen LogP contribution in [-0.2, 0) is 4.79 Å². The van der Waals surface area contributed by atoms with Crippen LogP contribution >= 0.6 is 0 Å². The van der Waals surface area contributed by atoms with Crippen LogP contribution in [-0.4, -0.2) is 41.2 Å². The Balaban J connectivity index is 2.05. The Kier molecular flexibility index (Phi) is 3.95. The van der Waals surface area contributed by atoms with Crippen molar-refractivity contribution in [3.05, 3.63) is 29.6 Å². The third kappa shape index (κ3) is 3.17. The Morgan fingerprint density at radius 1 is 1.53 bits per heavy atom. The largest absolute Gasteiger partial charge is 0.507 e. The zero-order valence-electron chi connectivity index (χ0n) is 10.7. The van der Waals surface area contributed by atoms with Gasteiger partial charge in [-0.2, -0.15) is 0 Å². The van der Waals surface area contributed by atoms with Crippen LogP contribution in [0.1, 0.15) is 23.7 Å². The highest BCUT2D eigenvalue weighted by molar-refractivity contribution is 6.00. The molecule has 1 heterocycles. The van der Waals surface area contributed by atoms with Crippen LogP contribution in [0.3, 0.4) is 0 Å². The Morgan fingerprint density at radius 3 is 2.95 bits per heavy atom. The van der Waals surface area contributed by atoms with Gasteiger partial charge in [-0.05, 0) is 18.2 Å². The second kappa shape index (κ2) is 5.48. The minimum absolute atomic E-state index is 0.00967. The highest BCUT2D eigenvalue weighted by Crippen LogP contribution is 2.20. The summed E-state index contributed by atoms with van der Waals surface area (Å²) in [7, 11) is 0. The topological polar surface area (TPSA) is 57.6 Å². The first-order valence-corrected chi connectivity index (χ1v) is 6.24. The number of halogens is 1. The number of nitrogens with zero attached hydrogens (tertiary/aromatic N) is 1. The van der Waals surface area contributed by atoms with Crippen molar-refractivity contribution < 1.29 is 19.1 Å². The van der Waals surface area contributed by atoms with Gasteiger partial charge >= 0.3 is 0 Å². The average molecular weight is 265 g/mol. The quantitative estimate of drug-likeness (QED) is 0.844. The van der Waals surface area contributed by atoms with Gasteiger partial charge in [0.25, 0.3) is 0 Å². The lowest BCUT2D eigenvalue weighted by Gasteiger charge is -2.29. The highest BCUT2D eigenvalue weighted by atomic mass is 19.1. The first kappa shape index (κ1) is 13.7. The van der Waals surface area contributed by atoms with Crippen LogP contribution in [0.25, 0.3) is 0 Å². The molecule has 0 spiro atoms. The van der Waals surface area contributed by atoms with Crippen molar-refractivity contribution in [1.29, 1.82) is 0 Å². The second-order valence-corrected chi connectivity index (χ2v) is 4.94. The van der Waals surface area contributed by atoms with E-state index in [2.05, 4.69) is 0 Å². The van der Waals surface area contributed by atoms with Crippen molar-refractivity contribution >= 4 is 11.6 Å². The maximum absolute atomic E-state index is 13.1. The molecule has 0 amide bonds. The predicted octanol–water partition coefficient (Wildman–Crippen LogP) is 1.62. The first-order valence-electron chi connectivity index (χ1n) is 6.24. The molecule has 0 radical (unpaired) electrons. The lowest BCUT2D eigenvalue weighted by Crippen LogP contribution is -2.42. The van der Waals surface area contributed by atoms with Gasteiger partial charge in [0.15, 0.2) is 5.78 Å². The van der Waals surface area contributed by atoms with E-state index in [0.29, 0.717) is 19.5 Å². The number of phenols is 1. The molecule has 1 aromatic rings. The zero-order chi connectivity index (χ0) is 14.0. The number of benzene rings is 1. The van der Waals surface area contributed by atoms with Crippen molar-refractivity contribution in [1.82, 2.24) is 4.90 Å². The van der Waals surface area contributed by atoms with Gasteiger partial charge < -0.3 is 5.11 Å². The Hall–Kier alpha value is -1.75. The molecular weight excluding hydrogens is 249 g/mol. The molecule has 1 aliphatic heterocycles. The van der Waals surface area contributed by atoms with E-state index in [-0.39, 0.29) is 35.3 Å². The Morgan fingerprint density at radius 2 is 2.26 bits per heavy atom. The van der Waals surface area contributed by atoms with Crippen LogP contribution < -0.4 is 0 Å². The molecule has 1 unspecified atom stereocenters. The number of ketones is 2. The van der Waals surface area contributed by atoms with E-state index in [1.165, 1.54) is 6.07 Å². The maximum Gasteiger partial charge on any atom is 0.180 e. The maximum atomic E-state index is 13.1. The number of phenolic OH excluding ortho intramolecular Hbond substituents is 1. The molecule has 1 saturated heterocycles. The number of carbonyl (C=O) groups excluding carboxylic acids is 2. The number of carbonyl (C=O) groups is 2. The number of hydrogen-bond donors (Lipinski definition) is 1. The van der Waals surface area contributed by atoms with E-state index in [0.717, 1.165) is 12.1 Å². The van der Waals surface area contributed by atoms with Gasteiger partial charge in [0.2, 0.25) is 0 Å². The summed E-state index contributed by atoms with van der Waals surface area (Å²) < 4.78 is 13.1. The normalized spacial score (nSPS) is 20.5. The van der Waals surface area contributed by atoms with Gasteiger partial charge in [-0.15, -0.1) is 0 Å². The number of Topliss-reactive ketones (excluding diaryl/α,β-unsaturated/α-hetero) is 2. The van der Waals surface area contributed by atoms with Crippen molar-refractivity contribution in [3.8, 4) is 5.75 Å². The predicted molar refractivity (Wildman–Crippen MR) is 67.6 cm³/mol. The van der Waals surface area contributed by atoms with Crippen LogP contribution in [0.15, 0.2) is 18.2 Å². The molecule has 1 aliphatic rings. The molecule has 0 aliphatic carbocycles. The van der Waals surface area contributed by atoms with Gasteiger partial charge in [-0.25, -0.2) is 4.39 Å². The van der Waals surface area contributed by atoms with E-state index in [9.17, 15) is 19.1 Å². The molecule has 4 nitrogen and oxygen atoms in total. The van der Waals surface area contributed by atoms with Gasteiger partial charge in [-0.1, -0.05) is 6.92 Å². The summed E-state index contributed by atoms with van der Waals surface area (Å²) in [4.78, 5) is 25.3. The van der Waals surface area contributed by atoms with E-state index in [1.54, 1.807) is 0 Å². The van der Waals surface area contributed by atoms with E-state index >= 15 is 0 Å². The fraction of sp³-hybridized carbons (Fsp3) is 0.429. The summed E-state index contributed by atoms with van der Waals surface area (Å²) in [5, 5.41) is 9.57.